The lowest BCUT2D eigenvalue weighted by Gasteiger charge is -2.23. The number of halogens is 3. The van der Waals surface area contributed by atoms with Crippen molar-refractivity contribution < 1.29 is 13.2 Å². The van der Waals surface area contributed by atoms with Gasteiger partial charge >= 0.3 is 6.18 Å². The van der Waals surface area contributed by atoms with Gasteiger partial charge in [-0.25, -0.2) is 0 Å². The zero-order valence-corrected chi connectivity index (χ0v) is 25.8. The molecule has 0 saturated carbocycles. The smallest absolute Gasteiger partial charge is 0.308 e. The van der Waals surface area contributed by atoms with Crippen LogP contribution in [0.1, 0.15) is 27.8 Å². The number of fused-ring (bicyclic) bond motifs is 6. The minimum absolute atomic E-state index is 0.0764. The van der Waals surface area contributed by atoms with Gasteiger partial charge in [-0.15, -0.1) is 0 Å². The Morgan fingerprint density at radius 3 is 1.38 bits per heavy atom. The average molecular weight is 653 g/mol. The molecule has 0 bridgehead atoms. The summed E-state index contributed by atoms with van der Waals surface area (Å²) >= 11 is 0. The Kier molecular flexibility index (Phi) is 6.69. The highest BCUT2D eigenvalue weighted by Crippen LogP contribution is 2.47. The molecule has 234 valence electrons. The van der Waals surface area contributed by atoms with E-state index >= 15 is 13.2 Å². The van der Waals surface area contributed by atoms with Crippen molar-refractivity contribution in [2.45, 2.75) is 6.18 Å². The number of aromatic nitrogens is 2. The fourth-order valence-corrected chi connectivity index (χ4v) is 7.04. The third kappa shape index (κ3) is 4.40. The van der Waals surface area contributed by atoms with E-state index in [2.05, 4.69) is 18.2 Å². The van der Waals surface area contributed by atoms with E-state index in [1.54, 1.807) is 57.7 Å². The molecule has 0 aliphatic carbocycles. The summed E-state index contributed by atoms with van der Waals surface area (Å²) in [4.78, 5) is 0. The molecule has 2 heterocycles. The van der Waals surface area contributed by atoms with E-state index in [0.717, 1.165) is 16.8 Å². The van der Waals surface area contributed by atoms with Gasteiger partial charge in [-0.05, 0) is 72.8 Å². The van der Waals surface area contributed by atoms with Crippen LogP contribution in [0.25, 0.3) is 66.1 Å². The van der Waals surface area contributed by atoms with Gasteiger partial charge in [0.25, 0.3) is 0 Å². The van der Waals surface area contributed by atoms with Gasteiger partial charge in [-0.2, -0.15) is 34.2 Å². The van der Waals surface area contributed by atoms with E-state index in [4.69, 9.17) is 0 Å². The van der Waals surface area contributed by atoms with E-state index in [0.29, 0.717) is 44.0 Å². The second kappa shape index (κ2) is 11.1. The first-order chi connectivity index (χ1) is 24.3. The minimum Gasteiger partial charge on any atom is -0.308 e. The average Bonchev–Trinajstić information content (AvgIpc) is 3.65. The maximum absolute atomic E-state index is 15.1. The molecular formula is C41H19F3N6. The predicted octanol–water partition coefficient (Wildman–Crippen LogP) is 10.1. The second-order valence-electron chi connectivity index (χ2n) is 11.7. The molecule has 0 radical (unpaired) electrons. The van der Waals surface area contributed by atoms with Gasteiger partial charge < -0.3 is 9.13 Å². The van der Waals surface area contributed by atoms with Crippen molar-refractivity contribution >= 4 is 43.6 Å². The molecule has 9 heteroatoms. The third-order valence-electron chi connectivity index (χ3n) is 9.05. The van der Waals surface area contributed by atoms with Crippen LogP contribution in [0, 0.1) is 45.3 Å². The summed E-state index contributed by atoms with van der Waals surface area (Å²) in [5.74, 6) is 0. The molecule has 0 spiro atoms. The molecule has 8 rings (SSSR count). The lowest BCUT2D eigenvalue weighted by Crippen LogP contribution is -2.12. The Morgan fingerprint density at radius 2 is 0.920 bits per heavy atom. The van der Waals surface area contributed by atoms with E-state index in [1.807, 2.05) is 54.6 Å². The van der Waals surface area contributed by atoms with Crippen LogP contribution < -0.4 is 0 Å². The van der Waals surface area contributed by atoms with Crippen LogP contribution in [0.5, 0.6) is 0 Å². The molecule has 0 aliphatic heterocycles. The van der Waals surface area contributed by atoms with Crippen molar-refractivity contribution in [2.24, 2.45) is 0 Å². The lowest BCUT2D eigenvalue weighted by atomic mass is 9.90. The SMILES string of the molecule is N#Cc1cc(-n2c3ccccc3c3cc(C#N)ccc32)c(-c2c(C#N)cccc2C(F)(F)F)c(-n2c3ccccc3c3cc(C#N)ccc32)c1. The number of hydrogen-bond donors (Lipinski definition) is 0. The number of nitrogens with zero attached hydrogens (tertiary/aromatic N) is 6. The highest BCUT2D eigenvalue weighted by Gasteiger charge is 2.37. The molecule has 0 fully saturated rings. The first-order valence-corrected chi connectivity index (χ1v) is 15.3. The van der Waals surface area contributed by atoms with Crippen LogP contribution in [0.15, 0.2) is 115 Å². The van der Waals surface area contributed by atoms with Gasteiger partial charge in [-0.3, -0.25) is 0 Å². The molecule has 0 aliphatic rings. The highest BCUT2D eigenvalue weighted by molar-refractivity contribution is 6.12. The number of alkyl halides is 3. The third-order valence-corrected chi connectivity index (χ3v) is 9.05. The van der Waals surface area contributed by atoms with Gasteiger partial charge in [0.05, 0.1) is 85.5 Å². The van der Waals surface area contributed by atoms with Crippen molar-refractivity contribution in [3.05, 3.63) is 143 Å². The summed E-state index contributed by atoms with van der Waals surface area (Å²) in [5.41, 5.74) is 2.43. The monoisotopic (exact) mass is 652 g/mol. The van der Waals surface area contributed by atoms with Crippen LogP contribution in [-0.2, 0) is 6.18 Å². The van der Waals surface area contributed by atoms with Crippen molar-refractivity contribution in [3.63, 3.8) is 0 Å². The van der Waals surface area contributed by atoms with Crippen LogP contribution in [0.4, 0.5) is 13.2 Å². The fraction of sp³-hybridized carbons (Fsp3) is 0.0244. The molecule has 6 aromatic carbocycles. The Bertz CT molecular complexity index is 2760. The number of para-hydroxylation sites is 2. The summed E-state index contributed by atoms with van der Waals surface area (Å²) in [6.45, 7) is 0. The maximum atomic E-state index is 15.1. The van der Waals surface area contributed by atoms with Crippen molar-refractivity contribution in [2.75, 3.05) is 0 Å². The van der Waals surface area contributed by atoms with Gasteiger partial charge in [0, 0.05) is 32.7 Å². The first kappa shape index (κ1) is 30.0. The van der Waals surface area contributed by atoms with Crippen molar-refractivity contribution in [3.8, 4) is 46.8 Å². The van der Waals surface area contributed by atoms with Crippen LogP contribution in [0.2, 0.25) is 0 Å². The number of rotatable bonds is 3. The second-order valence-corrected chi connectivity index (χ2v) is 11.7. The zero-order chi connectivity index (χ0) is 34.7. The Labute approximate surface area is 282 Å². The summed E-state index contributed by atoms with van der Waals surface area (Å²) in [5, 5.41) is 43.1. The standard InChI is InChI=1S/C41H19F3N6/c42-41(43,44)32-9-5-6-27(23-48)39(32)40-37(49-33-10-3-1-7-28(33)30-16-24(20-45)12-14-35(30)49)18-26(22-47)19-38(40)50-34-11-4-2-8-29(34)31-17-25(21-46)13-15-36(31)50/h1-19H. The van der Waals surface area contributed by atoms with E-state index < -0.39 is 11.7 Å². The van der Waals surface area contributed by atoms with E-state index in [9.17, 15) is 21.0 Å². The molecule has 8 aromatic rings. The number of benzene rings is 6. The van der Waals surface area contributed by atoms with E-state index in [1.165, 1.54) is 12.1 Å². The summed E-state index contributed by atoms with van der Waals surface area (Å²) in [6, 6.07) is 40.0. The Morgan fingerprint density at radius 1 is 0.440 bits per heavy atom. The molecule has 50 heavy (non-hydrogen) atoms. The van der Waals surface area contributed by atoms with Crippen LogP contribution in [-0.4, -0.2) is 9.13 Å². The quantitative estimate of drug-likeness (QED) is 0.189. The normalized spacial score (nSPS) is 11.4. The molecule has 0 N–H and O–H groups in total. The zero-order valence-electron chi connectivity index (χ0n) is 25.8. The minimum atomic E-state index is -4.85. The largest absolute Gasteiger partial charge is 0.417 e. The topological polar surface area (TPSA) is 105 Å². The highest BCUT2D eigenvalue weighted by atomic mass is 19.4. The maximum Gasteiger partial charge on any atom is 0.417 e. The molecule has 0 saturated heterocycles. The Hall–Kier alpha value is -7.33. The van der Waals surface area contributed by atoms with Crippen LogP contribution in [0.3, 0.4) is 0 Å². The first-order valence-electron chi connectivity index (χ1n) is 15.3. The van der Waals surface area contributed by atoms with Gasteiger partial charge in [-0.1, -0.05) is 42.5 Å². The molecule has 0 atom stereocenters. The lowest BCUT2D eigenvalue weighted by molar-refractivity contribution is -0.137. The molecule has 6 nitrogen and oxygen atoms in total. The van der Waals surface area contributed by atoms with Crippen LogP contribution >= 0.6 is 0 Å². The molecule has 2 aromatic heterocycles. The van der Waals surface area contributed by atoms with Gasteiger partial charge in [0.15, 0.2) is 0 Å². The number of hydrogen-bond acceptors (Lipinski definition) is 4. The summed E-state index contributed by atoms with van der Waals surface area (Å²) in [6.07, 6.45) is -4.85. The molecule has 0 amide bonds. The fourth-order valence-electron chi connectivity index (χ4n) is 7.04. The van der Waals surface area contributed by atoms with Crippen molar-refractivity contribution in [1.82, 2.24) is 9.13 Å². The Balaban J connectivity index is 1.66. The molecular weight excluding hydrogens is 633 g/mol. The van der Waals surface area contributed by atoms with Gasteiger partial charge in [0.2, 0.25) is 0 Å². The summed E-state index contributed by atoms with van der Waals surface area (Å²) < 4.78 is 48.8. The van der Waals surface area contributed by atoms with Crippen molar-refractivity contribution in [1.29, 1.82) is 21.0 Å². The van der Waals surface area contributed by atoms with Gasteiger partial charge in [0.1, 0.15) is 0 Å². The summed E-state index contributed by atoms with van der Waals surface area (Å²) in [7, 11) is 0. The van der Waals surface area contributed by atoms with E-state index in [-0.39, 0.29) is 33.6 Å². The molecule has 0 unspecified atom stereocenters. The predicted molar refractivity (Wildman–Crippen MR) is 184 cm³/mol. The number of nitriles is 4.